The maximum absolute atomic E-state index is 12.7. The summed E-state index contributed by atoms with van der Waals surface area (Å²) in [7, 11) is 0. The van der Waals surface area contributed by atoms with Crippen LogP contribution in [0.5, 0.6) is 5.75 Å². The van der Waals surface area contributed by atoms with Gasteiger partial charge in [-0.05, 0) is 30.5 Å². The Labute approximate surface area is 188 Å². The van der Waals surface area contributed by atoms with Gasteiger partial charge in [0.2, 0.25) is 5.91 Å². The number of rotatable bonds is 11. The van der Waals surface area contributed by atoms with Crippen LogP contribution >= 0.6 is 0 Å². The zero-order valence-corrected chi connectivity index (χ0v) is 17.9. The van der Waals surface area contributed by atoms with Gasteiger partial charge in [0.05, 0.1) is 19.4 Å². The van der Waals surface area contributed by atoms with E-state index in [-0.39, 0.29) is 43.6 Å². The second-order valence-electron chi connectivity index (χ2n) is 7.11. The topological polar surface area (TPSA) is 102 Å². The van der Waals surface area contributed by atoms with Crippen molar-refractivity contribution in [2.45, 2.75) is 45.0 Å². The molecule has 0 fully saturated rings. The normalized spacial score (nSPS) is 12.0. The predicted molar refractivity (Wildman–Crippen MR) is 112 cm³/mol. The summed E-state index contributed by atoms with van der Waals surface area (Å²) in [6, 6.07) is 11.7. The number of carboxylic acids is 1. The highest BCUT2D eigenvalue weighted by atomic mass is 19.4. The summed E-state index contributed by atoms with van der Waals surface area (Å²) in [5.41, 5.74) is 1.46. The van der Waals surface area contributed by atoms with Crippen molar-refractivity contribution in [2.75, 3.05) is 6.61 Å². The van der Waals surface area contributed by atoms with Crippen molar-refractivity contribution in [1.82, 2.24) is 5.32 Å². The molecule has 2 aromatic carbocycles. The Morgan fingerprint density at radius 1 is 1.03 bits per heavy atom. The van der Waals surface area contributed by atoms with Crippen LogP contribution in [0.1, 0.15) is 31.7 Å². The van der Waals surface area contributed by atoms with Crippen molar-refractivity contribution in [3.63, 3.8) is 0 Å². The van der Waals surface area contributed by atoms with Crippen LogP contribution in [-0.2, 0) is 25.5 Å². The number of carbonyl (C=O) groups is 3. The molecule has 0 spiro atoms. The van der Waals surface area contributed by atoms with E-state index in [1.807, 2.05) is 0 Å². The Hall–Kier alpha value is -3.56. The number of hydrogen-bond donors (Lipinski definition) is 2. The molecule has 0 saturated carbocycles. The number of alkyl halides is 3. The second-order valence-corrected chi connectivity index (χ2v) is 7.11. The second kappa shape index (κ2) is 11.9. The number of esters is 1. The van der Waals surface area contributed by atoms with Crippen molar-refractivity contribution in [2.24, 2.45) is 0 Å². The summed E-state index contributed by atoms with van der Waals surface area (Å²) in [5, 5.41) is 11.4. The van der Waals surface area contributed by atoms with Crippen LogP contribution in [-0.4, -0.2) is 42.0 Å². The van der Waals surface area contributed by atoms with Gasteiger partial charge in [0.1, 0.15) is 5.75 Å². The minimum atomic E-state index is -4.82. The molecule has 0 aromatic heterocycles. The molecule has 0 bridgehead atoms. The number of ether oxygens (including phenoxy) is 2. The first-order valence-corrected chi connectivity index (χ1v) is 10.2. The molecule has 33 heavy (non-hydrogen) atoms. The van der Waals surface area contributed by atoms with Crippen molar-refractivity contribution in [1.29, 1.82) is 0 Å². The largest absolute Gasteiger partial charge is 0.573 e. The van der Waals surface area contributed by atoms with E-state index in [0.29, 0.717) is 11.1 Å². The van der Waals surface area contributed by atoms with E-state index in [4.69, 9.17) is 9.84 Å². The molecule has 2 aromatic rings. The third-order valence-corrected chi connectivity index (χ3v) is 4.51. The highest BCUT2D eigenvalue weighted by Crippen LogP contribution is 2.33. The van der Waals surface area contributed by atoms with Crippen LogP contribution in [0, 0.1) is 0 Å². The third kappa shape index (κ3) is 9.22. The molecular weight excluding hydrogens is 443 g/mol. The summed E-state index contributed by atoms with van der Waals surface area (Å²) in [6.07, 6.45) is -5.28. The minimum Gasteiger partial charge on any atom is -0.481 e. The van der Waals surface area contributed by atoms with Gasteiger partial charge in [0, 0.05) is 18.0 Å². The smallest absolute Gasteiger partial charge is 0.481 e. The summed E-state index contributed by atoms with van der Waals surface area (Å²) >= 11 is 0. The average Bonchev–Trinajstić information content (AvgIpc) is 2.72. The number of aliphatic carboxylic acids is 1. The van der Waals surface area contributed by atoms with Crippen molar-refractivity contribution in [3.05, 3.63) is 54.1 Å². The first-order valence-electron chi connectivity index (χ1n) is 10.2. The molecule has 10 heteroatoms. The minimum absolute atomic E-state index is 0.114. The van der Waals surface area contributed by atoms with E-state index in [9.17, 15) is 27.6 Å². The summed E-state index contributed by atoms with van der Waals surface area (Å²) in [5.74, 6) is -2.47. The lowest BCUT2D eigenvalue weighted by atomic mass is 9.98. The van der Waals surface area contributed by atoms with Crippen molar-refractivity contribution >= 4 is 17.8 Å². The number of amides is 1. The van der Waals surface area contributed by atoms with Gasteiger partial charge in [-0.2, -0.15) is 0 Å². The molecule has 1 amide bonds. The van der Waals surface area contributed by atoms with Gasteiger partial charge >= 0.3 is 18.3 Å². The van der Waals surface area contributed by atoms with Crippen LogP contribution in [0.4, 0.5) is 13.2 Å². The molecule has 7 nitrogen and oxygen atoms in total. The number of hydrogen-bond acceptors (Lipinski definition) is 5. The molecule has 1 atom stereocenters. The molecular formula is C23H24F3NO6. The predicted octanol–water partition coefficient (Wildman–Crippen LogP) is 4.10. The lowest BCUT2D eigenvalue weighted by molar-refractivity contribution is -0.274. The van der Waals surface area contributed by atoms with E-state index in [2.05, 4.69) is 10.1 Å². The number of nitrogens with one attached hydrogen (secondary N) is 1. The van der Waals surface area contributed by atoms with E-state index in [0.717, 1.165) is 0 Å². The lowest BCUT2D eigenvalue weighted by Gasteiger charge is -2.18. The fourth-order valence-corrected chi connectivity index (χ4v) is 3.14. The van der Waals surface area contributed by atoms with Gasteiger partial charge in [-0.3, -0.25) is 14.4 Å². The number of halogens is 3. The number of para-hydroxylation sites is 1. The van der Waals surface area contributed by atoms with Crippen LogP contribution in [0.3, 0.4) is 0 Å². The lowest BCUT2D eigenvalue weighted by Crippen LogP contribution is -2.38. The number of carboxylic acid groups (broad SMARTS) is 1. The Balaban J connectivity index is 2.15. The van der Waals surface area contributed by atoms with Crippen molar-refractivity contribution in [3.8, 4) is 16.9 Å². The summed E-state index contributed by atoms with van der Waals surface area (Å²) in [6.45, 7) is 1.82. The van der Waals surface area contributed by atoms with E-state index >= 15 is 0 Å². The summed E-state index contributed by atoms with van der Waals surface area (Å²) in [4.78, 5) is 34.6. The van der Waals surface area contributed by atoms with Gasteiger partial charge in [-0.1, -0.05) is 42.5 Å². The first kappa shape index (κ1) is 25.7. The molecule has 178 valence electrons. The van der Waals surface area contributed by atoms with Crippen molar-refractivity contribution < 1.29 is 42.1 Å². The maximum Gasteiger partial charge on any atom is 0.573 e. The molecule has 0 aliphatic heterocycles. The summed E-state index contributed by atoms with van der Waals surface area (Å²) < 4.78 is 47.1. The Morgan fingerprint density at radius 2 is 1.70 bits per heavy atom. The highest BCUT2D eigenvalue weighted by molar-refractivity contribution is 5.81. The number of carbonyl (C=O) groups excluding carboxylic acids is 2. The quantitative estimate of drug-likeness (QED) is 0.483. The monoisotopic (exact) mass is 467 g/mol. The molecule has 2 rings (SSSR count). The zero-order chi connectivity index (χ0) is 24.4. The molecule has 0 radical (unpaired) electrons. The van der Waals surface area contributed by atoms with Crippen LogP contribution in [0.2, 0.25) is 0 Å². The molecule has 0 aliphatic rings. The Kier molecular flexibility index (Phi) is 9.26. The molecule has 0 saturated heterocycles. The molecule has 0 heterocycles. The average molecular weight is 467 g/mol. The standard InChI is InChI=1S/C23H24F3NO6/c1-2-32-22(31)14-17(27-20(28)11-12-21(29)30)13-15-7-9-16(10-8-15)18-5-3-4-6-19(18)33-23(24,25)26/h3-10,17H,2,11-14H2,1H3,(H,27,28)(H,29,30). The maximum atomic E-state index is 12.7. The van der Waals surface area contributed by atoms with Gasteiger partial charge in [0.15, 0.2) is 0 Å². The molecule has 0 aliphatic carbocycles. The van der Waals surface area contributed by atoms with Gasteiger partial charge < -0.3 is 19.9 Å². The fraction of sp³-hybridized carbons (Fsp3) is 0.348. The fourth-order valence-electron chi connectivity index (χ4n) is 3.14. The highest BCUT2D eigenvalue weighted by Gasteiger charge is 2.32. The SMILES string of the molecule is CCOC(=O)CC(Cc1ccc(-c2ccccc2OC(F)(F)F)cc1)NC(=O)CCC(=O)O. The van der Waals surface area contributed by atoms with Gasteiger partial charge in [-0.15, -0.1) is 13.2 Å². The Bertz CT molecular complexity index is 959. The van der Waals surface area contributed by atoms with E-state index < -0.39 is 30.2 Å². The number of benzene rings is 2. The van der Waals surface area contributed by atoms with Crippen LogP contribution in [0.25, 0.3) is 11.1 Å². The third-order valence-electron chi connectivity index (χ3n) is 4.51. The molecule has 1 unspecified atom stereocenters. The van der Waals surface area contributed by atoms with E-state index in [1.165, 1.54) is 18.2 Å². The van der Waals surface area contributed by atoms with Crippen LogP contribution in [0.15, 0.2) is 48.5 Å². The Morgan fingerprint density at radius 3 is 2.30 bits per heavy atom. The zero-order valence-electron chi connectivity index (χ0n) is 17.9. The van der Waals surface area contributed by atoms with Gasteiger partial charge in [-0.25, -0.2) is 0 Å². The van der Waals surface area contributed by atoms with Crippen LogP contribution < -0.4 is 10.1 Å². The molecule has 2 N–H and O–H groups in total. The van der Waals surface area contributed by atoms with E-state index in [1.54, 1.807) is 37.3 Å². The first-order chi connectivity index (χ1) is 15.6. The van der Waals surface area contributed by atoms with Gasteiger partial charge in [0.25, 0.3) is 0 Å².